The van der Waals surface area contributed by atoms with Gasteiger partial charge >= 0.3 is 0 Å². The van der Waals surface area contributed by atoms with E-state index in [1.165, 1.54) is 0 Å². The molecule has 0 radical (unpaired) electrons. The van der Waals surface area contributed by atoms with E-state index in [0.717, 1.165) is 5.56 Å². The molecule has 0 fully saturated rings. The Morgan fingerprint density at radius 2 is 1.63 bits per heavy atom. The third kappa shape index (κ3) is 8.27. The number of primary amides is 1. The molecule has 35 heavy (non-hydrogen) atoms. The smallest absolute Gasteiger partial charge is 0.248 e. The van der Waals surface area contributed by atoms with E-state index >= 15 is 0 Å². The zero-order valence-corrected chi connectivity index (χ0v) is 20.9. The first kappa shape index (κ1) is 30.0. The molecule has 0 aliphatic carbocycles. The Labute approximate surface area is 206 Å². The van der Waals surface area contributed by atoms with Gasteiger partial charge in [-0.15, -0.1) is 0 Å². The van der Waals surface area contributed by atoms with Crippen LogP contribution in [0.25, 0.3) is 6.08 Å². The first-order valence-electron chi connectivity index (χ1n) is 11.7. The van der Waals surface area contributed by atoms with Crippen molar-refractivity contribution in [3.63, 3.8) is 0 Å². The molecule has 10 nitrogen and oxygen atoms in total. The van der Waals surface area contributed by atoms with Gasteiger partial charge < -0.3 is 11.5 Å². The largest absolute Gasteiger partial charge is 0.370 e. The third-order valence-corrected chi connectivity index (χ3v) is 5.89. The standard InChI is InChI=1S/C25H39N5O5/c1-15(2)12-18(23(33)29-28)21(24(34)30-35)25(14-16(3)4,22(32)19(26)13-20(27)31)11-10-17-8-6-5-7-9-17/h5-11,15-16,18-19,21,35H,12-14,26,28H2,1-4H3,(H2,27,31)(H,29,33)(H,30,34)/b11-10+/t18-,19+,21-,25?/m1/s1. The summed E-state index contributed by atoms with van der Waals surface area (Å²) in [6.07, 6.45) is 3.08. The number of hydroxylamine groups is 1. The maximum Gasteiger partial charge on any atom is 0.248 e. The number of hydrogen-bond acceptors (Lipinski definition) is 7. The fourth-order valence-electron chi connectivity index (χ4n) is 4.63. The van der Waals surface area contributed by atoms with Crippen LogP contribution in [0, 0.1) is 29.1 Å². The van der Waals surface area contributed by atoms with Gasteiger partial charge in [-0.3, -0.25) is 29.8 Å². The molecule has 10 heteroatoms. The molecule has 4 atom stereocenters. The second-order valence-electron chi connectivity index (χ2n) is 9.72. The Hall–Kier alpha value is -3.08. The van der Waals surface area contributed by atoms with Crippen LogP contribution >= 0.6 is 0 Å². The first-order valence-corrected chi connectivity index (χ1v) is 11.7. The maximum absolute atomic E-state index is 14.0. The third-order valence-electron chi connectivity index (χ3n) is 5.89. The van der Waals surface area contributed by atoms with E-state index in [1.807, 2.05) is 58.0 Å². The monoisotopic (exact) mass is 489 g/mol. The van der Waals surface area contributed by atoms with E-state index in [0.29, 0.717) is 0 Å². The number of allylic oxidation sites excluding steroid dienone is 1. The fourth-order valence-corrected chi connectivity index (χ4v) is 4.63. The summed E-state index contributed by atoms with van der Waals surface area (Å²) in [5.74, 6) is -0.226. The average Bonchev–Trinajstić information content (AvgIpc) is 2.80. The zero-order valence-electron chi connectivity index (χ0n) is 20.9. The summed E-state index contributed by atoms with van der Waals surface area (Å²) < 4.78 is 0. The summed E-state index contributed by atoms with van der Waals surface area (Å²) in [6.45, 7) is 7.42. The van der Waals surface area contributed by atoms with Gasteiger partial charge in [-0.05, 0) is 30.2 Å². The highest BCUT2D eigenvalue weighted by Crippen LogP contribution is 2.45. The van der Waals surface area contributed by atoms with Gasteiger partial charge in [0.25, 0.3) is 0 Å². The van der Waals surface area contributed by atoms with Gasteiger partial charge in [0.15, 0.2) is 5.78 Å². The van der Waals surface area contributed by atoms with Crippen molar-refractivity contribution in [2.75, 3.05) is 0 Å². The molecular formula is C25H39N5O5. The molecule has 9 N–H and O–H groups in total. The van der Waals surface area contributed by atoms with Crippen molar-refractivity contribution in [1.29, 1.82) is 0 Å². The molecule has 0 heterocycles. The Morgan fingerprint density at radius 1 is 1.03 bits per heavy atom. The highest BCUT2D eigenvalue weighted by molar-refractivity contribution is 6.00. The van der Waals surface area contributed by atoms with Crippen molar-refractivity contribution in [3.8, 4) is 0 Å². The van der Waals surface area contributed by atoms with Crippen LogP contribution in [0.2, 0.25) is 0 Å². The number of carbonyl (C=O) groups excluding carboxylic acids is 4. The molecule has 1 unspecified atom stereocenters. The van der Waals surface area contributed by atoms with Gasteiger partial charge in [-0.1, -0.05) is 70.2 Å². The van der Waals surface area contributed by atoms with Crippen LogP contribution in [0.5, 0.6) is 0 Å². The minimum absolute atomic E-state index is 0.0597. The van der Waals surface area contributed by atoms with Gasteiger partial charge in [0.1, 0.15) is 0 Å². The molecule has 0 aromatic heterocycles. The number of Topliss-reactive ketones (excluding diaryl/α,β-unsaturated/α-hetero) is 1. The summed E-state index contributed by atoms with van der Waals surface area (Å²) in [6, 6.07) is 7.74. The lowest BCUT2D eigenvalue weighted by molar-refractivity contribution is -0.152. The number of nitrogens with two attached hydrogens (primary N) is 3. The zero-order chi connectivity index (χ0) is 26.8. The van der Waals surface area contributed by atoms with Crippen LogP contribution in [0.1, 0.15) is 52.5 Å². The van der Waals surface area contributed by atoms with E-state index in [-0.39, 0.29) is 24.7 Å². The Bertz CT molecular complexity index is 903. The normalized spacial score (nSPS) is 15.9. The van der Waals surface area contributed by atoms with Gasteiger partial charge in [0.2, 0.25) is 17.7 Å². The molecule has 0 spiro atoms. The molecule has 0 bridgehead atoms. The van der Waals surface area contributed by atoms with E-state index < -0.39 is 53.2 Å². The lowest BCUT2D eigenvalue weighted by Gasteiger charge is -2.42. The van der Waals surface area contributed by atoms with Gasteiger partial charge in [0, 0.05) is 6.42 Å². The molecule has 0 aliphatic heterocycles. The number of hydrogen-bond donors (Lipinski definition) is 6. The Balaban J connectivity index is 3.97. The molecule has 1 rings (SSSR count). The molecule has 0 saturated carbocycles. The quantitative estimate of drug-likeness (QED) is 0.0981. The van der Waals surface area contributed by atoms with E-state index in [2.05, 4.69) is 5.43 Å². The molecule has 0 aliphatic rings. The molecule has 3 amide bonds. The predicted molar refractivity (Wildman–Crippen MR) is 133 cm³/mol. The summed E-state index contributed by atoms with van der Waals surface area (Å²) >= 11 is 0. The van der Waals surface area contributed by atoms with Crippen molar-refractivity contribution in [2.45, 2.75) is 53.0 Å². The molecule has 1 aromatic carbocycles. The van der Waals surface area contributed by atoms with Crippen LogP contribution in [-0.4, -0.2) is 34.8 Å². The number of nitrogens with one attached hydrogen (secondary N) is 2. The van der Waals surface area contributed by atoms with E-state index in [1.54, 1.807) is 17.6 Å². The highest BCUT2D eigenvalue weighted by atomic mass is 16.5. The van der Waals surface area contributed by atoms with Crippen molar-refractivity contribution in [3.05, 3.63) is 42.0 Å². The fraction of sp³-hybridized carbons (Fsp3) is 0.520. The number of hydrazine groups is 1. The lowest BCUT2D eigenvalue weighted by atomic mass is 9.59. The summed E-state index contributed by atoms with van der Waals surface area (Å²) in [5, 5.41) is 9.69. The molecular weight excluding hydrogens is 450 g/mol. The molecule has 194 valence electrons. The van der Waals surface area contributed by atoms with Crippen LogP contribution in [0.4, 0.5) is 0 Å². The predicted octanol–water partition coefficient (Wildman–Crippen LogP) is 1.28. The van der Waals surface area contributed by atoms with Crippen molar-refractivity contribution >= 4 is 29.6 Å². The minimum atomic E-state index is -1.67. The molecule has 0 saturated heterocycles. The number of rotatable bonds is 14. The van der Waals surface area contributed by atoms with Crippen LogP contribution < -0.4 is 28.2 Å². The summed E-state index contributed by atoms with van der Waals surface area (Å²) in [4.78, 5) is 51.8. The topological polar surface area (TPSA) is 191 Å². The second-order valence-corrected chi connectivity index (χ2v) is 9.72. The van der Waals surface area contributed by atoms with E-state index in [4.69, 9.17) is 17.3 Å². The number of carbonyl (C=O) groups is 4. The van der Waals surface area contributed by atoms with E-state index in [9.17, 15) is 24.4 Å². The second kappa shape index (κ2) is 13.7. The lowest BCUT2D eigenvalue weighted by Crippen LogP contribution is -2.57. The highest BCUT2D eigenvalue weighted by Gasteiger charge is 2.53. The number of benzene rings is 1. The maximum atomic E-state index is 14.0. The van der Waals surface area contributed by atoms with Crippen LogP contribution in [0.15, 0.2) is 36.4 Å². The Kier molecular flexibility index (Phi) is 11.7. The first-order chi connectivity index (χ1) is 16.4. The SMILES string of the molecule is CC(C)C[C@@H](C(=O)NN)[C@H](C(=O)NO)C(/C=C/c1ccccc1)(CC(C)C)C(=O)[C@@H](N)CC(N)=O. The van der Waals surface area contributed by atoms with Gasteiger partial charge in [-0.25, -0.2) is 11.3 Å². The van der Waals surface area contributed by atoms with Crippen molar-refractivity contribution in [1.82, 2.24) is 10.9 Å². The van der Waals surface area contributed by atoms with Gasteiger partial charge in [-0.2, -0.15) is 0 Å². The number of ketones is 1. The average molecular weight is 490 g/mol. The minimum Gasteiger partial charge on any atom is -0.370 e. The molecule has 1 aromatic rings. The summed E-state index contributed by atoms with van der Waals surface area (Å²) in [7, 11) is 0. The Morgan fingerprint density at radius 3 is 2.09 bits per heavy atom. The van der Waals surface area contributed by atoms with Gasteiger partial charge in [0.05, 0.1) is 23.3 Å². The number of amides is 3. The summed E-state index contributed by atoms with van der Waals surface area (Å²) in [5.41, 5.74) is 14.2. The van der Waals surface area contributed by atoms with Crippen LogP contribution in [-0.2, 0) is 19.2 Å². The van der Waals surface area contributed by atoms with Crippen LogP contribution in [0.3, 0.4) is 0 Å². The van der Waals surface area contributed by atoms with Crippen molar-refractivity contribution in [2.24, 2.45) is 46.4 Å². The van der Waals surface area contributed by atoms with Crippen molar-refractivity contribution < 1.29 is 24.4 Å².